The summed E-state index contributed by atoms with van der Waals surface area (Å²) in [5.74, 6) is 0.574. The van der Waals surface area contributed by atoms with E-state index in [1.807, 2.05) is 19.1 Å². The van der Waals surface area contributed by atoms with E-state index in [1.165, 1.54) is 11.8 Å². The average Bonchev–Trinajstić information content (AvgIpc) is 2.59. The van der Waals surface area contributed by atoms with E-state index in [9.17, 15) is 4.79 Å². The first-order chi connectivity index (χ1) is 12.0. The van der Waals surface area contributed by atoms with Crippen LogP contribution in [0.5, 0.6) is 5.75 Å². The Bertz CT molecular complexity index is 629. The molecule has 1 aromatic carbocycles. The molecule has 0 radical (unpaired) electrons. The molecule has 1 N–H and O–H groups in total. The van der Waals surface area contributed by atoms with Gasteiger partial charge in [0.15, 0.2) is 5.78 Å². The third-order valence-corrected chi connectivity index (χ3v) is 4.78. The van der Waals surface area contributed by atoms with Gasteiger partial charge in [0.1, 0.15) is 5.75 Å². The molecule has 138 valence electrons. The van der Waals surface area contributed by atoms with Gasteiger partial charge < -0.3 is 9.84 Å². The fourth-order valence-corrected chi connectivity index (χ4v) is 3.04. The standard InChI is InChI=1S/C19H26ClNO3S/c1-4-9-21-19(5-2)25-18(14(3)23)13-15-7-8-17(16(20)12-15)24-11-6-10-22/h7-8,12-13,22H,4-6,9-11H2,1-3H3/b18-13-,21-19-. The smallest absolute Gasteiger partial charge is 0.166 e. The molecular weight excluding hydrogens is 358 g/mol. The zero-order chi connectivity index (χ0) is 18.7. The van der Waals surface area contributed by atoms with Crippen molar-refractivity contribution in [3.05, 3.63) is 33.7 Å². The first kappa shape index (κ1) is 21.7. The van der Waals surface area contributed by atoms with E-state index in [0.717, 1.165) is 30.0 Å². The zero-order valence-electron chi connectivity index (χ0n) is 15.0. The number of Topliss-reactive ketones (excluding diaryl/α,β-unsaturated/α-hetero) is 1. The number of aliphatic hydroxyl groups excluding tert-OH is 1. The van der Waals surface area contributed by atoms with E-state index in [0.29, 0.717) is 28.7 Å². The number of carbonyl (C=O) groups excluding carboxylic acids is 1. The van der Waals surface area contributed by atoms with Gasteiger partial charge in [-0.15, -0.1) is 0 Å². The number of thioether (sulfide) groups is 1. The molecule has 0 bridgehead atoms. The monoisotopic (exact) mass is 383 g/mol. The molecule has 25 heavy (non-hydrogen) atoms. The normalized spacial score (nSPS) is 12.4. The van der Waals surface area contributed by atoms with Crippen LogP contribution in [0.25, 0.3) is 6.08 Å². The highest BCUT2D eigenvalue weighted by Gasteiger charge is 2.10. The third kappa shape index (κ3) is 8.08. The number of ketones is 1. The number of benzene rings is 1. The lowest BCUT2D eigenvalue weighted by Gasteiger charge is -2.09. The second kappa shape index (κ2) is 12.1. The summed E-state index contributed by atoms with van der Waals surface area (Å²) in [6.45, 7) is 6.93. The minimum Gasteiger partial charge on any atom is -0.492 e. The maximum Gasteiger partial charge on any atom is 0.166 e. The maximum atomic E-state index is 12.0. The second-order valence-electron chi connectivity index (χ2n) is 5.41. The third-order valence-electron chi connectivity index (χ3n) is 3.20. The fourth-order valence-electron chi connectivity index (χ4n) is 1.90. The summed E-state index contributed by atoms with van der Waals surface area (Å²) in [6.07, 6.45) is 4.16. The second-order valence-corrected chi connectivity index (χ2v) is 6.93. The van der Waals surface area contributed by atoms with Crippen molar-refractivity contribution in [1.82, 2.24) is 0 Å². The number of carbonyl (C=O) groups is 1. The van der Waals surface area contributed by atoms with Crippen LogP contribution >= 0.6 is 23.4 Å². The van der Waals surface area contributed by atoms with E-state index >= 15 is 0 Å². The predicted molar refractivity (Wildman–Crippen MR) is 108 cm³/mol. The minimum atomic E-state index is 0.00189. The summed E-state index contributed by atoms with van der Waals surface area (Å²) in [6, 6.07) is 5.41. The van der Waals surface area contributed by atoms with E-state index in [4.69, 9.17) is 21.4 Å². The number of rotatable bonds is 10. The predicted octanol–water partition coefficient (Wildman–Crippen LogP) is 4.98. The maximum absolute atomic E-state index is 12.0. The molecule has 0 heterocycles. The lowest BCUT2D eigenvalue weighted by Crippen LogP contribution is -2.00. The highest BCUT2D eigenvalue weighted by Crippen LogP contribution is 2.29. The van der Waals surface area contributed by atoms with Crippen LogP contribution in [0.3, 0.4) is 0 Å². The Labute approximate surface area is 159 Å². The van der Waals surface area contributed by atoms with Crippen molar-refractivity contribution in [2.45, 2.75) is 40.0 Å². The van der Waals surface area contributed by atoms with Crippen LogP contribution in [0.1, 0.15) is 45.6 Å². The highest BCUT2D eigenvalue weighted by atomic mass is 35.5. The molecule has 0 spiro atoms. The molecule has 0 aromatic heterocycles. The largest absolute Gasteiger partial charge is 0.492 e. The van der Waals surface area contributed by atoms with Crippen LogP contribution in [-0.4, -0.2) is 35.7 Å². The minimum absolute atomic E-state index is 0.00189. The summed E-state index contributed by atoms with van der Waals surface area (Å²) in [7, 11) is 0. The van der Waals surface area contributed by atoms with Gasteiger partial charge in [0, 0.05) is 19.6 Å². The van der Waals surface area contributed by atoms with Gasteiger partial charge in [0.05, 0.1) is 21.6 Å². The molecule has 1 rings (SSSR count). The van der Waals surface area contributed by atoms with E-state index in [-0.39, 0.29) is 12.4 Å². The van der Waals surface area contributed by atoms with Crippen LogP contribution in [-0.2, 0) is 4.79 Å². The van der Waals surface area contributed by atoms with E-state index in [2.05, 4.69) is 11.9 Å². The summed E-state index contributed by atoms with van der Waals surface area (Å²) in [5.41, 5.74) is 0.836. The lowest BCUT2D eigenvalue weighted by molar-refractivity contribution is -0.112. The SMILES string of the molecule is CCC/N=C(/CC)S/C(=C\c1ccc(OCCCO)c(Cl)c1)C(C)=O. The van der Waals surface area contributed by atoms with Crippen molar-refractivity contribution in [3.63, 3.8) is 0 Å². The molecule has 0 amide bonds. The number of hydrogen-bond donors (Lipinski definition) is 1. The summed E-state index contributed by atoms with van der Waals surface area (Å²) in [4.78, 5) is 17.1. The Hall–Kier alpha value is -1.30. The number of aliphatic imine (C=N–C) groups is 1. The molecule has 1 aromatic rings. The summed E-state index contributed by atoms with van der Waals surface area (Å²) >= 11 is 7.66. The molecule has 0 unspecified atom stereocenters. The quantitative estimate of drug-likeness (QED) is 0.268. The average molecular weight is 384 g/mol. The van der Waals surface area contributed by atoms with E-state index < -0.39 is 0 Å². The lowest BCUT2D eigenvalue weighted by atomic mass is 10.2. The van der Waals surface area contributed by atoms with Gasteiger partial charge in [-0.2, -0.15) is 0 Å². The topological polar surface area (TPSA) is 58.9 Å². The van der Waals surface area contributed by atoms with Gasteiger partial charge in [-0.25, -0.2) is 0 Å². The number of hydrogen-bond acceptors (Lipinski definition) is 5. The van der Waals surface area contributed by atoms with E-state index in [1.54, 1.807) is 19.1 Å². The number of halogens is 1. The molecule has 0 aliphatic rings. The van der Waals surface area contributed by atoms with Gasteiger partial charge in [-0.05, 0) is 43.5 Å². The van der Waals surface area contributed by atoms with Crippen LogP contribution < -0.4 is 4.74 Å². The number of allylic oxidation sites excluding steroid dienone is 1. The van der Waals surface area contributed by atoms with Crippen LogP contribution in [0.4, 0.5) is 0 Å². The Morgan fingerprint density at radius 1 is 1.40 bits per heavy atom. The fraction of sp³-hybridized carbons (Fsp3) is 0.474. The first-order valence-electron chi connectivity index (χ1n) is 8.48. The van der Waals surface area contributed by atoms with Crippen LogP contribution in [0, 0.1) is 0 Å². The van der Waals surface area contributed by atoms with Gasteiger partial charge in [0.25, 0.3) is 0 Å². The summed E-state index contributed by atoms with van der Waals surface area (Å²) in [5, 5.41) is 10.2. The number of ether oxygens (including phenoxy) is 1. The Kier molecular flexibility index (Phi) is 10.5. The van der Waals surface area contributed by atoms with Gasteiger partial charge >= 0.3 is 0 Å². The van der Waals surface area contributed by atoms with Crippen LogP contribution in [0.2, 0.25) is 5.02 Å². The Balaban J connectivity index is 2.95. The van der Waals surface area contributed by atoms with Gasteiger partial charge in [-0.1, -0.05) is 43.3 Å². The van der Waals surface area contributed by atoms with Crippen LogP contribution in [0.15, 0.2) is 28.1 Å². The molecule has 0 saturated heterocycles. The number of aliphatic hydroxyl groups is 1. The molecular formula is C19H26ClNO3S. The number of nitrogens with zero attached hydrogens (tertiary/aromatic N) is 1. The molecule has 0 aliphatic heterocycles. The molecule has 0 aliphatic carbocycles. The molecule has 0 fully saturated rings. The van der Waals surface area contributed by atoms with Crippen molar-refractivity contribution in [2.75, 3.05) is 19.8 Å². The van der Waals surface area contributed by atoms with Crippen molar-refractivity contribution >= 4 is 40.3 Å². The van der Waals surface area contributed by atoms with Crippen molar-refractivity contribution in [3.8, 4) is 5.75 Å². The molecule has 4 nitrogen and oxygen atoms in total. The van der Waals surface area contributed by atoms with Crippen molar-refractivity contribution < 1.29 is 14.6 Å². The van der Waals surface area contributed by atoms with Crippen molar-refractivity contribution in [1.29, 1.82) is 0 Å². The Morgan fingerprint density at radius 2 is 2.16 bits per heavy atom. The summed E-state index contributed by atoms with van der Waals surface area (Å²) < 4.78 is 5.51. The first-order valence-corrected chi connectivity index (χ1v) is 9.68. The molecule has 0 atom stereocenters. The van der Waals surface area contributed by atoms with Gasteiger partial charge in [-0.3, -0.25) is 9.79 Å². The van der Waals surface area contributed by atoms with Gasteiger partial charge in [0.2, 0.25) is 0 Å². The molecule has 6 heteroatoms. The highest BCUT2D eigenvalue weighted by molar-refractivity contribution is 8.18. The van der Waals surface area contributed by atoms with Crippen molar-refractivity contribution in [2.24, 2.45) is 4.99 Å². The zero-order valence-corrected chi connectivity index (χ0v) is 16.6. The molecule has 0 saturated carbocycles. The Morgan fingerprint density at radius 3 is 2.72 bits per heavy atom.